The number of benzene rings is 1. The Kier molecular flexibility index (Phi) is 6.82. The molecule has 1 amide bonds. The summed E-state index contributed by atoms with van der Waals surface area (Å²) in [6.07, 6.45) is 3.74. The molecular weight excluding hydrogens is 404 g/mol. The number of hydrogen-bond donors (Lipinski definition) is 1. The molecule has 1 aromatic carbocycles. The number of anilines is 1. The number of aromatic nitrogens is 1. The first-order valence-corrected chi connectivity index (χ1v) is 11.7. The highest BCUT2D eigenvalue weighted by molar-refractivity contribution is 7.89. The summed E-state index contributed by atoms with van der Waals surface area (Å²) in [5.74, 6) is -0.118. The van der Waals surface area contributed by atoms with Gasteiger partial charge in [-0.2, -0.15) is 4.72 Å². The highest BCUT2D eigenvalue weighted by atomic mass is 32.2. The Morgan fingerprint density at radius 1 is 1.20 bits per heavy atom. The summed E-state index contributed by atoms with van der Waals surface area (Å²) in [4.78, 5) is 16.6. The zero-order valence-electron chi connectivity index (χ0n) is 18.0. The predicted molar refractivity (Wildman–Crippen MR) is 115 cm³/mol. The number of likely N-dealkylation sites (N-methyl/N-ethyl adjacent to an activating group) is 1. The van der Waals surface area contributed by atoms with Gasteiger partial charge in [-0.15, -0.1) is 0 Å². The second-order valence-corrected chi connectivity index (χ2v) is 9.56. The molecule has 0 spiro atoms. The molecule has 0 unspecified atom stereocenters. The van der Waals surface area contributed by atoms with Crippen molar-refractivity contribution >= 4 is 21.6 Å². The first-order valence-electron chi connectivity index (χ1n) is 10.2. The lowest BCUT2D eigenvalue weighted by Crippen LogP contribution is -2.45. The maximum atomic E-state index is 12.7. The molecule has 1 atom stereocenters. The minimum Gasteiger partial charge on any atom is -0.372 e. The van der Waals surface area contributed by atoms with E-state index in [1.54, 1.807) is 14.0 Å². The number of rotatable bonds is 7. The molecule has 1 aromatic heterocycles. The molecule has 2 aromatic rings. The summed E-state index contributed by atoms with van der Waals surface area (Å²) < 4.78 is 32.6. The molecule has 0 aliphatic carbocycles. The molecule has 2 heterocycles. The van der Waals surface area contributed by atoms with E-state index in [2.05, 4.69) is 26.9 Å². The van der Waals surface area contributed by atoms with E-state index in [0.717, 1.165) is 18.7 Å². The average Bonchev–Trinajstić information content (AvgIpc) is 3.07. The van der Waals surface area contributed by atoms with Crippen LogP contribution in [0.5, 0.6) is 0 Å². The highest BCUT2D eigenvalue weighted by Gasteiger charge is 2.29. The van der Waals surface area contributed by atoms with Gasteiger partial charge in [-0.1, -0.05) is 17.3 Å². The van der Waals surface area contributed by atoms with E-state index in [4.69, 9.17) is 4.52 Å². The van der Waals surface area contributed by atoms with Gasteiger partial charge >= 0.3 is 0 Å². The van der Waals surface area contributed by atoms with Gasteiger partial charge in [0.05, 0.1) is 6.04 Å². The van der Waals surface area contributed by atoms with Crippen LogP contribution in [0.2, 0.25) is 0 Å². The number of piperidine rings is 1. The van der Waals surface area contributed by atoms with Crippen molar-refractivity contribution in [1.82, 2.24) is 14.8 Å². The molecular formula is C21H30N4O4S. The number of hydrogen-bond acceptors (Lipinski definition) is 6. The Balaban J connectivity index is 1.61. The zero-order valence-corrected chi connectivity index (χ0v) is 18.8. The number of carbonyl (C=O) groups excluding carboxylic acids is 1. The number of amides is 1. The van der Waals surface area contributed by atoms with E-state index >= 15 is 0 Å². The molecule has 1 aliphatic rings. The number of nitrogens with one attached hydrogen (secondary N) is 1. The standard InChI is InChI=1S/C21H30N4O4S/c1-15-20(17(3)29-22-15)30(27,28)23-16(2)21(26)24(4)14-18-8-10-19(11-9-18)25-12-6-5-7-13-25/h8-11,16,23H,5-7,12-14H2,1-4H3/t16-/m0/s1. The second kappa shape index (κ2) is 9.18. The molecule has 0 radical (unpaired) electrons. The molecule has 3 rings (SSSR count). The fourth-order valence-electron chi connectivity index (χ4n) is 3.85. The van der Waals surface area contributed by atoms with Crippen LogP contribution in [-0.2, 0) is 21.4 Å². The molecule has 30 heavy (non-hydrogen) atoms. The molecule has 0 bridgehead atoms. The van der Waals surface area contributed by atoms with Gasteiger partial charge in [-0.3, -0.25) is 4.79 Å². The van der Waals surface area contributed by atoms with Gasteiger partial charge in [-0.05, 0) is 57.7 Å². The van der Waals surface area contributed by atoms with Crippen LogP contribution in [0.3, 0.4) is 0 Å². The molecule has 1 saturated heterocycles. The second-order valence-electron chi connectivity index (χ2n) is 7.90. The molecule has 9 heteroatoms. The Bertz CT molecular complexity index is 959. The summed E-state index contributed by atoms with van der Waals surface area (Å²) in [5.41, 5.74) is 2.46. The van der Waals surface area contributed by atoms with Crippen LogP contribution >= 0.6 is 0 Å². The third-order valence-electron chi connectivity index (χ3n) is 5.39. The van der Waals surface area contributed by atoms with Crippen LogP contribution in [0.4, 0.5) is 5.69 Å². The van der Waals surface area contributed by atoms with Gasteiger partial charge in [0.15, 0.2) is 5.76 Å². The lowest BCUT2D eigenvalue weighted by molar-refractivity contribution is -0.131. The normalized spacial score (nSPS) is 15.8. The van der Waals surface area contributed by atoms with Crippen LogP contribution in [0.25, 0.3) is 0 Å². The van der Waals surface area contributed by atoms with Crippen LogP contribution in [0.15, 0.2) is 33.7 Å². The van der Waals surface area contributed by atoms with Crippen LogP contribution in [0, 0.1) is 13.8 Å². The largest absolute Gasteiger partial charge is 0.372 e. The molecule has 1 aliphatic heterocycles. The van der Waals surface area contributed by atoms with Crippen molar-refractivity contribution < 1.29 is 17.7 Å². The number of aryl methyl sites for hydroxylation is 2. The van der Waals surface area contributed by atoms with E-state index in [1.807, 2.05) is 12.1 Å². The summed E-state index contributed by atoms with van der Waals surface area (Å²) in [6, 6.07) is 7.30. The van der Waals surface area contributed by atoms with E-state index in [1.165, 1.54) is 43.7 Å². The fourth-order valence-corrected chi connectivity index (χ4v) is 5.37. The Morgan fingerprint density at radius 3 is 2.40 bits per heavy atom. The maximum Gasteiger partial charge on any atom is 0.246 e. The van der Waals surface area contributed by atoms with Gasteiger partial charge in [0.1, 0.15) is 10.6 Å². The predicted octanol–water partition coefficient (Wildman–Crippen LogP) is 2.61. The lowest BCUT2D eigenvalue weighted by atomic mass is 10.1. The minimum absolute atomic E-state index is 0.0156. The van der Waals surface area contributed by atoms with E-state index in [0.29, 0.717) is 6.54 Å². The Labute approximate surface area is 178 Å². The van der Waals surface area contributed by atoms with Gasteiger partial charge in [0.2, 0.25) is 15.9 Å². The maximum absolute atomic E-state index is 12.7. The molecule has 8 nitrogen and oxygen atoms in total. The summed E-state index contributed by atoms with van der Waals surface area (Å²) in [7, 11) is -2.24. The van der Waals surface area contributed by atoms with Gasteiger partial charge < -0.3 is 14.3 Å². The molecule has 1 N–H and O–H groups in total. The summed E-state index contributed by atoms with van der Waals surface area (Å²) in [5, 5.41) is 3.67. The Hall–Kier alpha value is -2.39. The average molecular weight is 435 g/mol. The molecule has 164 valence electrons. The van der Waals surface area contributed by atoms with Crippen molar-refractivity contribution in [2.45, 2.75) is 57.5 Å². The quantitative estimate of drug-likeness (QED) is 0.720. The summed E-state index contributed by atoms with van der Waals surface area (Å²) >= 11 is 0. The SMILES string of the molecule is Cc1noc(C)c1S(=O)(=O)N[C@@H](C)C(=O)N(C)Cc1ccc(N2CCCCC2)cc1. The smallest absolute Gasteiger partial charge is 0.246 e. The van der Waals surface area contributed by atoms with Crippen molar-refractivity contribution in [3.8, 4) is 0 Å². The van der Waals surface area contributed by atoms with Crippen molar-refractivity contribution in [2.75, 3.05) is 25.0 Å². The minimum atomic E-state index is -3.91. The number of sulfonamides is 1. The third-order valence-corrected chi connectivity index (χ3v) is 7.18. The van der Waals surface area contributed by atoms with E-state index in [9.17, 15) is 13.2 Å². The van der Waals surface area contributed by atoms with Crippen LogP contribution in [-0.4, -0.2) is 50.6 Å². The molecule has 0 saturated carbocycles. The first-order chi connectivity index (χ1) is 14.2. The van der Waals surface area contributed by atoms with Crippen LogP contribution < -0.4 is 9.62 Å². The monoisotopic (exact) mass is 434 g/mol. The fraction of sp³-hybridized carbons (Fsp3) is 0.524. The first kappa shape index (κ1) is 22.3. The number of nitrogens with zero attached hydrogens (tertiary/aromatic N) is 3. The summed E-state index contributed by atoms with van der Waals surface area (Å²) in [6.45, 7) is 7.18. The van der Waals surface area contributed by atoms with Gasteiger partial charge in [0.25, 0.3) is 0 Å². The zero-order chi connectivity index (χ0) is 21.9. The van der Waals surface area contributed by atoms with Gasteiger partial charge in [0, 0.05) is 32.4 Å². The van der Waals surface area contributed by atoms with Crippen molar-refractivity contribution in [1.29, 1.82) is 0 Å². The topological polar surface area (TPSA) is 95.8 Å². The van der Waals surface area contributed by atoms with Crippen molar-refractivity contribution in [2.24, 2.45) is 0 Å². The van der Waals surface area contributed by atoms with Crippen LogP contribution in [0.1, 0.15) is 43.2 Å². The Morgan fingerprint density at radius 2 is 1.83 bits per heavy atom. The third kappa shape index (κ3) is 5.02. The van der Waals surface area contributed by atoms with Gasteiger partial charge in [-0.25, -0.2) is 8.42 Å². The lowest BCUT2D eigenvalue weighted by Gasteiger charge is -2.29. The molecule has 1 fully saturated rings. The van der Waals surface area contributed by atoms with Crippen molar-refractivity contribution in [3.05, 3.63) is 41.3 Å². The van der Waals surface area contributed by atoms with E-state index < -0.39 is 16.1 Å². The van der Waals surface area contributed by atoms with Crippen molar-refractivity contribution in [3.63, 3.8) is 0 Å². The van der Waals surface area contributed by atoms with E-state index in [-0.39, 0.29) is 22.3 Å². The highest BCUT2D eigenvalue weighted by Crippen LogP contribution is 2.21. The number of carbonyl (C=O) groups is 1.